The van der Waals surface area contributed by atoms with Crippen molar-refractivity contribution in [2.45, 2.75) is 32.2 Å². The van der Waals surface area contributed by atoms with E-state index in [2.05, 4.69) is 50.8 Å². The number of nitrogens with zero attached hydrogens (tertiary/aromatic N) is 8. The zero-order valence-electron chi connectivity index (χ0n) is 25.2. The van der Waals surface area contributed by atoms with Crippen LogP contribution in [0.15, 0.2) is 66.1 Å². The second-order valence-corrected chi connectivity index (χ2v) is 12.0. The van der Waals surface area contributed by atoms with Crippen LogP contribution in [-0.2, 0) is 6.54 Å². The number of pyridine rings is 1. The van der Waals surface area contributed by atoms with Crippen molar-refractivity contribution in [1.82, 2.24) is 34.1 Å². The van der Waals surface area contributed by atoms with E-state index in [0.717, 1.165) is 18.8 Å². The van der Waals surface area contributed by atoms with E-state index in [9.17, 15) is 9.59 Å². The van der Waals surface area contributed by atoms with Crippen molar-refractivity contribution in [1.29, 1.82) is 0 Å². The molecule has 4 aromatic rings. The highest BCUT2D eigenvalue weighted by molar-refractivity contribution is 5.92. The number of carbonyl (C=O) groups is 1. The minimum absolute atomic E-state index is 0.234. The minimum atomic E-state index is -0.263. The van der Waals surface area contributed by atoms with Crippen LogP contribution in [0.4, 0.5) is 17.3 Å². The van der Waals surface area contributed by atoms with Crippen LogP contribution >= 0.6 is 0 Å². The van der Waals surface area contributed by atoms with Crippen LogP contribution in [0, 0.1) is 5.41 Å². The third-order valence-corrected chi connectivity index (χ3v) is 8.91. The van der Waals surface area contributed by atoms with E-state index in [1.807, 2.05) is 12.1 Å². The quantitative estimate of drug-likeness (QED) is 0.328. The molecule has 2 fully saturated rings. The van der Waals surface area contributed by atoms with Gasteiger partial charge in [0.15, 0.2) is 11.5 Å². The molecule has 224 valence electrons. The first-order chi connectivity index (χ1) is 20.8. The summed E-state index contributed by atoms with van der Waals surface area (Å²) in [6.45, 7) is 8.64. The Balaban J connectivity index is 1.24. The average Bonchev–Trinajstić information content (AvgIpc) is 3.29. The standard InChI is InChI=1S/C32H39N9O2/c1-5-17-40-29(42)25-22-33-31(36-28(25)41(40)27-8-6-7-26(35-27)30(43)37(2)3)34-23-9-11-24(12-10-23)39-20-15-32(16-21-39)13-18-38(4)19-14-32/h5-12,22H,1,13-21H2,2-4H3,(H,33,34,36). The van der Waals surface area contributed by atoms with Crippen LogP contribution in [-0.4, -0.2) is 87.3 Å². The Morgan fingerprint density at radius 1 is 1.02 bits per heavy atom. The summed E-state index contributed by atoms with van der Waals surface area (Å²) in [6, 6.07) is 13.5. The van der Waals surface area contributed by atoms with Gasteiger partial charge in [-0.1, -0.05) is 12.1 Å². The third kappa shape index (κ3) is 5.64. The number of likely N-dealkylation sites (tertiary alicyclic amines) is 1. The van der Waals surface area contributed by atoms with Crippen LogP contribution in [0.25, 0.3) is 16.9 Å². The fourth-order valence-corrected chi connectivity index (χ4v) is 6.21. The summed E-state index contributed by atoms with van der Waals surface area (Å²) >= 11 is 0. The van der Waals surface area contributed by atoms with Gasteiger partial charge in [-0.2, -0.15) is 4.98 Å². The lowest BCUT2D eigenvalue weighted by atomic mass is 9.71. The molecule has 0 aliphatic carbocycles. The number of carbonyl (C=O) groups excluding carboxylic acids is 1. The molecule has 2 aliphatic rings. The summed E-state index contributed by atoms with van der Waals surface area (Å²) in [5, 5.41) is 3.64. The second kappa shape index (κ2) is 11.6. The Hall–Kier alpha value is -4.51. The highest BCUT2D eigenvalue weighted by atomic mass is 16.2. The largest absolute Gasteiger partial charge is 0.371 e. The Kier molecular flexibility index (Phi) is 7.74. The maximum Gasteiger partial charge on any atom is 0.278 e. The summed E-state index contributed by atoms with van der Waals surface area (Å²) < 4.78 is 3.11. The number of allylic oxidation sites excluding steroid dienone is 1. The average molecular weight is 582 g/mol. The van der Waals surface area contributed by atoms with Crippen LogP contribution in [0.3, 0.4) is 0 Å². The van der Waals surface area contributed by atoms with Crippen LogP contribution in [0.2, 0.25) is 0 Å². The normalized spacial score (nSPS) is 16.9. The first kappa shape index (κ1) is 28.6. The van der Waals surface area contributed by atoms with Gasteiger partial charge in [0.25, 0.3) is 11.5 Å². The highest BCUT2D eigenvalue weighted by Crippen LogP contribution is 2.42. The molecule has 0 saturated carbocycles. The lowest BCUT2D eigenvalue weighted by Gasteiger charge is -2.46. The van der Waals surface area contributed by atoms with Gasteiger partial charge in [0.1, 0.15) is 11.1 Å². The lowest BCUT2D eigenvalue weighted by molar-refractivity contribution is 0.0822. The van der Waals surface area contributed by atoms with E-state index >= 15 is 0 Å². The van der Waals surface area contributed by atoms with Crippen LogP contribution in [0.1, 0.15) is 36.2 Å². The van der Waals surface area contributed by atoms with E-state index in [1.165, 1.54) is 60.2 Å². The molecule has 43 heavy (non-hydrogen) atoms. The van der Waals surface area contributed by atoms with Crippen molar-refractivity contribution in [2.75, 3.05) is 57.5 Å². The van der Waals surface area contributed by atoms with Gasteiger partial charge < -0.3 is 20.0 Å². The number of amides is 1. The SMILES string of the molecule is C=CCn1c(=O)c2cnc(Nc3ccc(N4CCC5(CCN(C)CC5)CC4)cc3)nc2n1-c1cccc(C(=O)N(C)C)n1. The van der Waals surface area contributed by atoms with E-state index in [-0.39, 0.29) is 23.7 Å². The monoisotopic (exact) mass is 581 g/mol. The smallest absolute Gasteiger partial charge is 0.278 e. The zero-order chi connectivity index (χ0) is 30.1. The molecule has 1 N–H and O–H groups in total. The van der Waals surface area contributed by atoms with Gasteiger partial charge in [-0.3, -0.25) is 9.59 Å². The summed E-state index contributed by atoms with van der Waals surface area (Å²) in [7, 11) is 5.57. The van der Waals surface area contributed by atoms with Crippen molar-refractivity contribution >= 4 is 34.3 Å². The molecule has 0 atom stereocenters. The van der Waals surface area contributed by atoms with E-state index in [4.69, 9.17) is 4.98 Å². The van der Waals surface area contributed by atoms with Gasteiger partial charge in [0.05, 0.1) is 6.54 Å². The summed E-state index contributed by atoms with van der Waals surface area (Å²) in [5.41, 5.74) is 2.98. The molecule has 1 spiro atoms. The van der Waals surface area contributed by atoms with Crippen molar-refractivity contribution in [3.63, 3.8) is 0 Å². The van der Waals surface area contributed by atoms with Gasteiger partial charge in [-0.15, -0.1) is 6.58 Å². The molecule has 3 aromatic heterocycles. The lowest BCUT2D eigenvalue weighted by Crippen LogP contribution is -2.46. The maximum absolute atomic E-state index is 13.3. The molecular weight excluding hydrogens is 542 g/mol. The highest BCUT2D eigenvalue weighted by Gasteiger charge is 2.36. The topological polar surface area (TPSA) is 104 Å². The van der Waals surface area contributed by atoms with Gasteiger partial charge in [0, 0.05) is 44.8 Å². The van der Waals surface area contributed by atoms with Crippen molar-refractivity contribution in [2.24, 2.45) is 5.41 Å². The Bertz CT molecular complexity index is 1690. The van der Waals surface area contributed by atoms with E-state index < -0.39 is 0 Å². The molecule has 11 heteroatoms. The Morgan fingerprint density at radius 3 is 2.40 bits per heavy atom. The molecule has 0 radical (unpaired) electrons. The van der Waals surface area contributed by atoms with Gasteiger partial charge in [0.2, 0.25) is 5.95 Å². The number of piperidine rings is 2. The summed E-state index contributed by atoms with van der Waals surface area (Å²) in [5.74, 6) is 0.522. The molecule has 0 bridgehead atoms. The molecule has 0 unspecified atom stereocenters. The Labute approximate surface area is 251 Å². The molecule has 6 rings (SSSR count). The fraction of sp³-hybridized carbons (Fsp3) is 0.406. The van der Waals surface area contributed by atoms with Crippen molar-refractivity contribution in [3.8, 4) is 5.82 Å². The number of hydrogen-bond acceptors (Lipinski definition) is 8. The van der Waals surface area contributed by atoms with Gasteiger partial charge in [-0.05, 0) is 87.6 Å². The number of rotatable bonds is 7. The molecule has 5 heterocycles. The number of aromatic nitrogens is 5. The first-order valence-electron chi connectivity index (χ1n) is 14.9. The number of hydrogen-bond donors (Lipinski definition) is 1. The molecule has 1 amide bonds. The predicted molar refractivity (Wildman–Crippen MR) is 169 cm³/mol. The Morgan fingerprint density at radius 2 is 1.72 bits per heavy atom. The minimum Gasteiger partial charge on any atom is -0.371 e. The summed E-state index contributed by atoms with van der Waals surface area (Å²) in [4.78, 5) is 46.0. The van der Waals surface area contributed by atoms with Crippen LogP contribution < -0.4 is 15.8 Å². The molecular formula is C32H39N9O2. The number of benzene rings is 1. The van der Waals surface area contributed by atoms with E-state index in [1.54, 1.807) is 43.1 Å². The van der Waals surface area contributed by atoms with Crippen molar-refractivity contribution in [3.05, 3.63) is 77.4 Å². The van der Waals surface area contributed by atoms with Gasteiger partial charge in [-0.25, -0.2) is 19.3 Å². The first-order valence-corrected chi connectivity index (χ1v) is 14.9. The maximum atomic E-state index is 13.3. The number of anilines is 3. The fourth-order valence-electron chi connectivity index (χ4n) is 6.21. The molecule has 11 nitrogen and oxygen atoms in total. The van der Waals surface area contributed by atoms with Crippen LogP contribution in [0.5, 0.6) is 0 Å². The molecule has 2 aliphatic heterocycles. The number of fused-ring (bicyclic) bond motifs is 1. The zero-order valence-corrected chi connectivity index (χ0v) is 25.2. The summed E-state index contributed by atoms with van der Waals surface area (Å²) in [6.07, 6.45) is 8.29. The predicted octanol–water partition coefficient (Wildman–Crippen LogP) is 3.92. The van der Waals surface area contributed by atoms with E-state index in [0.29, 0.717) is 28.2 Å². The molecule has 2 saturated heterocycles. The second-order valence-electron chi connectivity index (χ2n) is 12.0. The van der Waals surface area contributed by atoms with Gasteiger partial charge >= 0.3 is 0 Å². The number of nitrogens with one attached hydrogen (secondary N) is 1. The third-order valence-electron chi connectivity index (χ3n) is 8.91. The molecule has 1 aromatic carbocycles. The van der Waals surface area contributed by atoms with Crippen molar-refractivity contribution < 1.29 is 4.79 Å².